The number of ether oxygens (including phenoxy) is 1. The highest BCUT2D eigenvalue weighted by atomic mass is 32.2. The average Bonchev–Trinajstić information content (AvgIpc) is 2.49. The van der Waals surface area contributed by atoms with Crippen LogP contribution in [0.4, 0.5) is 5.69 Å². The number of anilines is 1. The zero-order chi connectivity index (χ0) is 17.2. The van der Waals surface area contributed by atoms with E-state index in [1.807, 2.05) is 0 Å². The fraction of sp³-hybridized carbons (Fsp3) is 0.188. The molecule has 7 heteroatoms. The Morgan fingerprint density at radius 1 is 1.09 bits per heavy atom. The SMILES string of the molecule is COc1ccc(S(=O)(=O)Nc2ccccc2C(N)=O)c(C)c1C. The van der Waals surface area contributed by atoms with Gasteiger partial charge in [0.25, 0.3) is 15.9 Å². The van der Waals surface area contributed by atoms with Crippen LogP contribution in [-0.2, 0) is 10.0 Å². The molecule has 122 valence electrons. The number of carbonyl (C=O) groups excluding carboxylic acids is 1. The van der Waals surface area contributed by atoms with Gasteiger partial charge in [0.05, 0.1) is 23.3 Å². The molecule has 0 fully saturated rings. The molecule has 2 rings (SSSR count). The largest absolute Gasteiger partial charge is 0.496 e. The lowest BCUT2D eigenvalue weighted by atomic mass is 10.1. The van der Waals surface area contributed by atoms with E-state index in [0.29, 0.717) is 11.3 Å². The number of sulfonamides is 1. The smallest absolute Gasteiger partial charge is 0.262 e. The molecule has 0 bridgehead atoms. The van der Waals surface area contributed by atoms with Gasteiger partial charge in [-0.1, -0.05) is 12.1 Å². The molecule has 0 aromatic heterocycles. The number of para-hydroxylation sites is 1. The molecule has 0 aliphatic carbocycles. The zero-order valence-corrected chi connectivity index (χ0v) is 13.9. The summed E-state index contributed by atoms with van der Waals surface area (Å²) in [5.41, 5.74) is 6.84. The second-order valence-electron chi connectivity index (χ2n) is 5.03. The van der Waals surface area contributed by atoms with Crippen molar-refractivity contribution >= 4 is 21.6 Å². The molecular weight excluding hydrogens is 316 g/mol. The quantitative estimate of drug-likeness (QED) is 0.876. The van der Waals surface area contributed by atoms with Crippen LogP contribution < -0.4 is 15.2 Å². The molecule has 0 aliphatic heterocycles. The number of amides is 1. The normalized spacial score (nSPS) is 11.1. The van der Waals surface area contributed by atoms with Crippen molar-refractivity contribution < 1.29 is 17.9 Å². The van der Waals surface area contributed by atoms with Gasteiger partial charge in [-0.2, -0.15) is 0 Å². The van der Waals surface area contributed by atoms with E-state index in [4.69, 9.17) is 10.5 Å². The van der Waals surface area contributed by atoms with E-state index in [-0.39, 0.29) is 16.1 Å². The van der Waals surface area contributed by atoms with Crippen LogP contribution in [0.2, 0.25) is 0 Å². The van der Waals surface area contributed by atoms with Crippen LogP contribution in [0.3, 0.4) is 0 Å². The van der Waals surface area contributed by atoms with Crippen molar-refractivity contribution in [2.45, 2.75) is 18.7 Å². The van der Waals surface area contributed by atoms with Crippen LogP contribution in [0.15, 0.2) is 41.3 Å². The van der Waals surface area contributed by atoms with Crippen LogP contribution >= 0.6 is 0 Å². The van der Waals surface area contributed by atoms with Crippen LogP contribution in [0.1, 0.15) is 21.5 Å². The summed E-state index contributed by atoms with van der Waals surface area (Å²) in [6.45, 7) is 3.48. The third kappa shape index (κ3) is 3.29. The lowest BCUT2D eigenvalue weighted by molar-refractivity contribution is 0.100. The summed E-state index contributed by atoms with van der Waals surface area (Å²) in [7, 11) is -2.34. The Bertz CT molecular complexity index is 860. The Hall–Kier alpha value is -2.54. The maximum atomic E-state index is 12.6. The first kappa shape index (κ1) is 16.8. The highest BCUT2D eigenvalue weighted by Crippen LogP contribution is 2.28. The number of benzene rings is 2. The lowest BCUT2D eigenvalue weighted by Gasteiger charge is -2.15. The molecule has 0 saturated carbocycles. The first-order valence-electron chi connectivity index (χ1n) is 6.83. The molecule has 0 heterocycles. The summed E-state index contributed by atoms with van der Waals surface area (Å²) in [5.74, 6) is -0.0927. The number of hydrogen-bond donors (Lipinski definition) is 2. The second-order valence-corrected chi connectivity index (χ2v) is 6.68. The van der Waals surface area contributed by atoms with Gasteiger partial charge in [-0.15, -0.1) is 0 Å². The predicted octanol–water partition coefficient (Wildman–Crippen LogP) is 2.21. The van der Waals surface area contributed by atoms with Crippen molar-refractivity contribution in [1.29, 1.82) is 0 Å². The first-order chi connectivity index (χ1) is 10.8. The molecule has 0 unspecified atom stereocenters. The number of nitrogens with two attached hydrogens (primary N) is 1. The summed E-state index contributed by atoms with van der Waals surface area (Å²) in [6, 6.07) is 9.25. The van der Waals surface area contributed by atoms with Gasteiger partial charge in [0, 0.05) is 0 Å². The number of methoxy groups -OCH3 is 1. The van der Waals surface area contributed by atoms with Crippen molar-refractivity contribution in [2.75, 3.05) is 11.8 Å². The van der Waals surface area contributed by atoms with Crippen LogP contribution in [-0.4, -0.2) is 21.4 Å². The number of carbonyl (C=O) groups is 1. The van der Waals surface area contributed by atoms with Gasteiger partial charge in [-0.3, -0.25) is 9.52 Å². The molecule has 0 spiro atoms. The molecule has 23 heavy (non-hydrogen) atoms. The Kier molecular flexibility index (Phi) is 4.60. The summed E-state index contributed by atoms with van der Waals surface area (Å²) in [4.78, 5) is 11.5. The molecule has 6 nitrogen and oxygen atoms in total. The minimum absolute atomic E-state index is 0.110. The molecule has 0 radical (unpaired) electrons. The van der Waals surface area contributed by atoms with Gasteiger partial charge in [-0.05, 0) is 49.2 Å². The van der Waals surface area contributed by atoms with E-state index < -0.39 is 15.9 Å². The summed E-state index contributed by atoms with van der Waals surface area (Å²) < 4.78 is 32.9. The number of rotatable bonds is 5. The molecule has 0 saturated heterocycles. The van der Waals surface area contributed by atoms with Gasteiger partial charge in [-0.25, -0.2) is 8.42 Å². The first-order valence-corrected chi connectivity index (χ1v) is 8.32. The lowest BCUT2D eigenvalue weighted by Crippen LogP contribution is -2.19. The second kappa shape index (κ2) is 6.29. The zero-order valence-electron chi connectivity index (χ0n) is 13.1. The molecule has 2 aromatic rings. The third-order valence-electron chi connectivity index (χ3n) is 3.63. The van der Waals surface area contributed by atoms with Gasteiger partial charge in [0.1, 0.15) is 5.75 Å². The van der Waals surface area contributed by atoms with Crippen molar-refractivity contribution in [3.8, 4) is 5.75 Å². The van der Waals surface area contributed by atoms with Gasteiger partial charge in [0.2, 0.25) is 0 Å². The fourth-order valence-electron chi connectivity index (χ4n) is 2.27. The van der Waals surface area contributed by atoms with Gasteiger partial charge < -0.3 is 10.5 Å². The van der Waals surface area contributed by atoms with E-state index in [1.54, 1.807) is 32.0 Å². The monoisotopic (exact) mass is 334 g/mol. The van der Waals surface area contributed by atoms with Crippen molar-refractivity contribution in [3.05, 3.63) is 53.1 Å². The molecular formula is C16H18N2O4S. The number of nitrogens with one attached hydrogen (secondary N) is 1. The molecule has 0 aliphatic rings. The van der Waals surface area contributed by atoms with E-state index >= 15 is 0 Å². The average molecular weight is 334 g/mol. The van der Waals surface area contributed by atoms with Crippen molar-refractivity contribution in [2.24, 2.45) is 5.73 Å². The topological polar surface area (TPSA) is 98.5 Å². The number of hydrogen-bond acceptors (Lipinski definition) is 4. The minimum Gasteiger partial charge on any atom is -0.496 e. The maximum Gasteiger partial charge on any atom is 0.262 e. The molecule has 3 N–H and O–H groups in total. The van der Waals surface area contributed by atoms with Crippen LogP contribution in [0.5, 0.6) is 5.75 Å². The maximum absolute atomic E-state index is 12.6. The predicted molar refractivity (Wildman–Crippen MR) is 88.2 cm³/mol. The Balaban J connectivity index is 2.49. The number of primary amides is 1. The van der Waals surface area contributed by atoms with E-state index in [0.717, 1.165) is 5.56 Å². The van der Waals surface area contributed by atoms with Crippen molar-refractivity contribution in [3.63, 3.8) is 0 Å². The van der Waals surface area contributed by atoms with Crippen LogP contribution in [0, 0.1) is 13.8 Å². The Morgan fingerprint density at radius 3 is 2.35 bits per heavy atom. The minimum atomic E-state index is -3.86. The van der Waals surface area contributed by atoms with E-state index in [2.05, 4.69) is 4.72 Å². The fourth-order valence-corrected chi connectivity index (χ4v) is 3.65. The van der Waals surface area contributed by atoms with Gasteiger partial charge in [0.15, 0.2) is 0 Å². The molecule has 0 atom stereocenters. The third-order valence-corrected chi connectivity index (χ3v) is 5.14. The summed E-state index contributed by atoms with van der Waals surface area (Å²) >= 11 is 0. The Morgan fingerprint density at radius 2 is 1.74 bits per heavy atom. The molecule has 2 aromatic carbocycles. The van der Waals surface area contributed by atoms with E-state index in [9.17, 15) is 13.2 Å². The van der Waals surface area contributed by atoms with Crippen molar-refractivity contribution in [1.82, 2.24) is 0 Å². The van der Waals surface area contributed by atoms with Crippen LogP contribution in [0.25, 0.3) is 0 Å². The standard InChI is InChI=1S/C16H18N2O4S/c1-10-11(2)15(9-8-14(10)22-3)23(20,21)18-13-7-5-4-6-12(13)16(17)19/h4-9,18H,1-3H3,(H2,17,19). The van der Waals surface area contributed by atoms with Gasteiger partial charge >= 0.3 is 0 Å². The highest BCUT2D eigenvalue weighted by molar-refractivity contribution is 7.92. The summed E-state index contributed by atoms with van der Waals surface area (Å²) in [5, 5.41) is 0. The summed E-state index contributed by atoms with van der Waals surface area (Å²) in [6.07, 6.45) is 0. The highest BCUT2D eigenvalue weighted by Gasteiger charge is 2.21. The molecule has 1 amide bonds. The van der Waals surface area contributed by atoms with E-state index in [1.165, 1.54) is 25.3 Å². The Labute approximate surface area is 135 Å².